The molecule has 1 heterocycles. The van der Waals surface area contributed by atoms with Gasteiger partial charge in [0.1, 0.15) is 17.9 Å². The van der Waals surface area contributed by atoms with Crippen molar-refractivity contribution in [1.82, 2.24) is 0 Å². The van der Waals surface area contributed by atoms with E-state index in [-0.39, 0.29) is 12.0 Å². The first-order chi connectivity index (χ1) is 12.4. The van der Waals surface area contributed by atoms with Crippen molar-refractivity contribution in [2.75, 3.05) is 0 Å². The van der Waals surface area contributed by atoms with Crippen molar-refractivity contribution in [1.29, 1.82) is 0 Å². The second-order valence-corrected chi connectivity index (χ2v) is 6.41. The molecule has 0 unspecified atom stereocenters. The second-order valence-electron chi connectivity index (χ2n) is 6.41. The maximum absolute atomic E-state index is 12.2. The molecule has 5 nitrogen and oxygen atoms in total. The van der Waals surface area contributed by atoms with Crippen LogP contribution < -0.4 is 10.4 Å². The van der Waals surface area contributed by atoms with Gasteiger partial charge in [0.2, 0.25) is 0 Å². The highest BCUT2D eigenvalue weighted by Crippen LogP contribution is 2.30. The largest absolute Gasteiger partial charge is 0.488 e. The standard InChI is InChI=1S/C21H20O5/c1-12-5-4-6-15(9-12)11-25-18-8-7-16-13(2)17(10-19(22)23)21(24)26-20(16)14(18)3/h4-9H,10-11H2,1-3H3,(H,22,23). The summed E-state index contributed by atoms with van der Waals surface area (Å²) in [6, 6.07) is 11.7. The molecule has 26 heavy (non-hydrogen) atoms. The van der Waals surface area contributed by atoms with E-state index in [4.69, 9.17) is 14.3 Å². The van der Waals surface area contributed by atoms with Gasteiger partial charge in [-0.1, -0.05) is 29.8 Å². The average molecular weight is 352 g/mol. The number of fused-ring (bicyclic) bond motifs is 1. The van der Waals surface area contributed by atoms with Gasteiger partial charge in [-0.15, -0.1) is 0 Å². The predicted octanol–water partition coefficient (Wildman–Crippen LogP) is 3.92. The van der Waals surface area contributed by atoms with Gasteiger partial charge in [0.15, 0.2) is 0 Å². The van der Waals surface area contributed by atoms with Crippen molar-refractivity contribution in [3.63, 3.8) is 0 Å². The van der Waals surface area contributed by atoms with E-state index in [1.54, 1.807) is 13.0 Å². The van der Waals surface area contributed by atoms with Crippen LogP contribution in [0.3, 0.4) is 0 Å². The number of rotatable bonds is 5. The Morgan fingerprint density at radius 2 is 1.88 bits per heavy atom. The van der Waals surface area contributed by atoms with Crippen LogP contribution >= 0.6 is 0 Å². The summed E-state index contributed by atoms with van der Waals surface area (Å²) in [7, 11) is 0. The molecular formula is C21H20O5. The van der Waals surface area contributed by atoms with Crippen LogP contribution in [0.5, 0.6) is 5.75 Å². The normalized spacial score (nSPS) is 10.9. The summed E-state index contributed by atoms with van der Waals surface area (Å²) in [4.78, 5) is 23.2. The van der Waals surface area contributed by atoms with Crippen LogP contribution in [0.2, 0.25) is 0 Å². The third kappa shape index (κ3) is 3.47. The zero-order valence-corrected chi connectivity index (χ0v) is 15.0. The third-order valence-corrected chi connectivity index (χ3v) is 4.46. The van der Waals surface area contributed by atoms with Gasteiger partial charge in [0.25, 0.3) is 0 Å². The Morgan fingerprint density at radius 3 is 2.58 bits per heavy atom. The predicted molar refractivity (Wildman–Crippen MR) is 98.8 cm³/mol. The van der Waals surface area contributed by atoms with Gasteiger partial charge < -0.3 is 14.3 Å². The maximum atomic E-state index is 12.2. The lowest BCUT2D eigenvalue weighted by Crippen LogP contribution is -2.15. The fourth-order valence-corrected chi connectivity index (χ4v) is 3.05. The van der Waals surface area contributed by atoms with Crippen molar-refractivity contribution in [3.05, 3.63) is 74.6 Å². The Bertz CT molecular complexity index is 1050. The molecule has 0 aliphatic heterocycles. The number of carbonyl (C=O) groups is 1. The minimum atomic E-state index is -1.06. The molecule has 134 valence electrons. The van der Waals surface area contributed by atoms with Gasteiger partial charge in [-0.2, -0.15) is 0 Å². The molecule has 0 fully saturated rings. The van der Waals surface area contributed by atoms with Crippen molar-refractivity contribution in [3.8, 4) is 5.75 Å². The van der Waals surface area contributed by atoms with E-state index in [0.29, 0.717) is 23.5 Å². The highest BCUT2D eigenvalue weighted by molar-refractivity contribution is 5.86. The topological polar surface area (TPSA) is 76.7 Å². The van der Waals surface area contributed by atoms with Crippen LogP contribution in [0, 0.1) is 20.8 Å². The number of benzene rings is 2. The third-order valence-electron chi connectivity index (χ3n) is 4.46. The van der Waals surface area contributed by atoms with E-state index in [9.17, 15) is 9.59 Å². The molecule has 0 aliphatic carbocycles. The van der Waals surface area contributed by atoms with Crippen LogP contribution in [0.4, 0.5) is 0 Å². The monoisotopic (exact) mass is 352 g/mol. The molecule has 0 amide bonds. The fourth-order valence-electron chi connectivity index (χ4n) is 3.05. The number of aryl methyl sites for hydroxylation is 3. The van der Waals surface area contributed by atoms with Gasteiger partial charge in [0.05, 0.1) is 12.0 Å². The second kappa shape index (κ2) is 7.04. The summed E-state index contributed by atoms with van der Waals surface area (Å²) < 4.78 is 11.3. The molecule has 1 aromatic heterocycles. The van der Waals surface area contributed by atoms with Crippen LogP contribution in [0.15, 0.2) is 45.6 Å². The molecular weight excluding hydrogens is 332 g/mol. The van der Waals surface area contributed by atoms with Gasteiger partial charge in [0, 0.05) is 10.9 Å². The summed E-state index contributed by atoms with van der Waals surface area (Å²) in [5.74, 6) is -0.429. The number of aliphatic carboxylic acids is 1. The molecule has 5 heteroatoms. The van der Waals surface area contributed by atoms with Crippen LogP contribution in [0.25, 0.3) is 11.0 Å². The summed E-state index contributed by atoms with van der Waals surface area (Å²) in [5, 5.41) is 9.71. The molecule has 0 spiro atoms. The molecule has 0 radical (unpaired) electrons. The molecule has 1 N–H and O–H groups in total. The number of hydrogen-bond acceptors (Lipinski definition) is 4. The molecule has 0 atom stereocenters. The molecule has 3 aromatic rings. The lowest BCUT2D eigenvalue weighted by Gasteiger charge is -2.13. The lowest BCUT2D eigenvalue weighted by atomic mass is 10.0. The van der Waals surface area contributed by atoms with E-state index >= 15 is 0 Å². The minimum Gasteiger partial charge on any atom is -0.488 e. The van der Waals surface area contributed by atoms with Gasteiger partial charge in [-0.05, 0) is 44.0 Å². The van der Waals surface area contributed by atoms with Crippen molar-refractivity contribution in [2.45, 2.75) is 33.8 Å². The summed E-state index contributed by atoms with van der Waals surface area (Å²) in [5.41, 5.74) is 3.56. The van der Waals surface area contributed by atoms with E-state index < -0.39 is 11.6 Å². The molecule has 0 saturated carbocycles. The van der Waals surface area contributed by atoms with Gasteiger partial charge in [-0.25, -0.2) is 4.79 Å². The van der Waals surface area contributed by atoms with Crippen molar-refractivity contribution >= 4 is 16.9 Å². The molecule has 0 aliphatic rings. The first kappa shape index (κ1) is 17.7. The summed E-state index contributed by atoms with van der Waals surface area (Å²) in [6.07, 6.45) is -0.352. The van der Waals surface area contributed by atoms with E-state index in [0.717, 1.165) is 22.1 Å². The lowest BCUT2D eigenvalue weighted by molar-refractivity contribution is -0.136. The zero-order valence-electron chi connectivity index (χ0n) is 15.0. The highest BCUT2D eigenvalue weighted by atomic mass is 16.5. The van der Waals surface area contributed by atoms with E-state index in [1.165, 1.54) is 0 Å². The Hall–Kier alpha value is -3.08. The quantitative estimate of drug-likeness (QED) is 0.704. The molecule has 3 rings (SSSR count). The first-order valence-corrected chi connectivity index (χ1v) is 8.33. The average Bonchev–Trinajstić information content (AvgIpc) is 2.58. The van der Waals surface area contributed by atoms with E-state index in [2.05, 4.69) is 6.07 Å². The van der Waals surface area contributed by atoms with E-state index in [1.807, 2.05) is 38.1 Å². The Morgan fingerprint density at radius 1 is 1.12 bits per heavy atom. The Balaban J connectivity index is 1.98. The van der Waals surface area contributed by atoms with Crippen LogP contribution in [-0.4, -0.2) is 11.1 Å². The first-order valence-electron chi connectivity index (χ1n) is 8.33. The minimum absolute atomic E-state index is 0.179. The van der Waals surface area contributed by atoms with Gasteiger partial charge in [-0.3, -0.25) is 4.79 Å². The van der Waals surface area contributed by atoms with Crippen LogP contribution in [0.1, 0.15) is 27.8 Å². The van der Waals surface area contributed by atoms with Crippen molar-refractivity contribution in [2.24, 2.45) is 0 Å². The van der Waals surface area contributed by atoms with Crippen molar-refractivity contribution < 1.29 is 19.1 Å². The summed E-state index contributed by atoms with van der Waals surface area (Å²) in [6.45, 7) is 6.00. The SMILES string of the molecule is Cc1cccc(COc2ccc3c(C)c(CC(=O)O)c(=O)oc3c2C)c1. The zero-order chi connectivity index (χ0) is 18.8. The molecule has 0 saturated heterocycles. The smallest absolute Gasteiger partial charge is 0.340 e. The number of carboxylic acids is 1. The number of carboxylic acid groups (broad SMARTS) is 1. The van der Waals surface area contributed by atoms with Gasteiger partial charge >= 0.3 is 11.6 Å². The molecule has 2 aromatic carbocycles. The number of ether oxygens (including phenoxy) is 1. The Kier molecular flexibility index (Phi) is 4.80. The van der Waals surface area contributed by atoms with Crippen LogP contribution in [-0.2, 0) is 17.8 Å². The highest BCUT2D eigenvalue weighted by Gasteiger charge is 2.17. The summed E-state index contributed by atoms with van der Waals surface area (Å²) >= 11 is 0. The fraction of sp³-hybridized carbons (Fsp3) is 0.238. The maximum Gasteiger partial charge on any atom is 0.340 e. The molecule has 0 bridgehead atoms. The number of hydrogen-bond donors (Lipinski definition) is 1. The Labute approximate surface area is 150 Å².